The van der Waals surface area contributed by atoms with Gasteiger partial charge in [-0.3, -0.25) is 4.98 Å². The van der Waals surface area contributed by atoms with E-state index in [1.165, 1.54) is 0 Å². The zero-order chi connectivity index (χ0) is 24.3. The first-order chi connectivity index (χ1) is 16.3. The summed E-state index contributed by atoms with van der Waals surface area (Å²) < 4.78 is 11.7. The lowest BCUT2D eigenvalue weighted by Crippen LogP contribution is -2.22. The van der Waals surface area contributed by atoms with E-state index < -0.39 is 0 Å². The highest BCUT2D eigenvalue weighted by atomic mass is 16.5. The van der Waals surface area contributed by atoms with Gasteiger partial charge in [0.1, 0.15) is 23.6 Å². The van der Waals surface area contributed by atoms with Crippen molar-refractivity contribution in [3.63, 3.8) is 0 Å². The van der Waals surface area contributed by atoms with Gasteiger partial charge in [-0.2, -0.15) is 0 Å². The van der Waals surface area contributed by atoms with Gasteiger partial charge in [0.25, 0.3) is 6.02 Å². The zero-order valence-corrected chi connectivity index (χ0v) is 19.9. The maximum atomic E-state index is 6.10. The first-order valence-electron chi connectivity index (χ1n) is 11.3. The third-order valence-electron chi connectivity index (χ3n) is 5.76. The Hall–Kier alpha value is -4.00. The molecule has 1 aromatic carbocycles. The Bertz CT molecular complexity index is 1200. The Kier molecular flexibility index (Phi) is 6.45. The van der Waals surface area contributed by atoms with Crippen LogP contribution in [0, 0.1) is 13.8 Å². The number of anilines is 1. The van der Waals surface area contributed by atoms with Crippen LogP contribution in [0.15, 0.2) is 89.5 Å². The van der Waals surface area contributed by atoms with Crippen molar-refractivity contribution < 1.29 is 9.47 Å². The van der Waals surface area contributed by atoms with Crippen molar-refractivity contribution in [2.24, 2.45) is 10.7 Å². The Morgan fingerprint density at radius 3 is 2.56 bits per heavy atom. The lowest BCUT2D eigenvalue weighted by Gasteiger charge is -2.16. The summed E-state index contributed by atoms with van der Waals surface area (Å²) in [5.74, 6) is 1.45. The van der Waals surface area contributed by atoms with Gasteiger partial charge in [0, 0.05) is 34.0 Å². The normalized spacial score (nSPS) is 16.5. The second kappa shape index (κ2) is 9.47. The highest BCUT2D eigenvalue weighted by Crippen LogP contribution is 2.42. The number of hydrogen-bond donors (Lipinski definition) is 3. The summed E-state index contributed by atoms with van der Waals surface area (Å²) in [6.07, 6.45) is 7.68. The van der Waals surface area contributed by atoms with E-state index in [1.807, 2.05) is 63.3 Å². The molecular weight excluding hydrogens is 426 g/mol. The summed E-state index contributed by atoms with van der Waals surface area (Å²) in [5, 5.41) is 6.55. The van der Waals surface area contributed by atoms with Crippen LogP contribution in [0.4, 0.5) is 5.69 Å². The summed E-state index contributed by atoms with van der Waals surface area (Å²) in [5.41, 5.74) is 11.4. The molecule has 4 N–H and O–H groups in total. The van der Waals surface area contributed by atoms with Gasteiger partial charge in [0.05, 0.1) is 6.20 Å². The fourth-order valence-corrected chi connectivity index (χ4v) is 3.52. The minimum Gasteiger partial charge on any atom is -0.462 e. The van der Waals surface area contributed by atoms with Crippen LogP contribution in [0.2, 0.25) is 0 Å². The largest absolute Gasteiger partial charge is 0.462 e. The number of nitrogens with zero attached hydrogens (tertiary/aromatic N) is 2. The number of nitrogens with two attached hydrogens (primary N) is 1. The minimum absolute atomic E-state index is 0.0000489. The van der Waals surface area contributed by atoms with E-state index in [1.54, 1.807) is 6.20 Å². The van der Waals surface area contributed by atoms with Gasteiger partial charge >= 0.3 is 0 Å². The number of aliphatic imine (C=N–C) groups is 1. The first-order valence-corrected chi connectivity index (χ1v) is 11.3. The van der Waals surface area contributed by atoms with E-state index in [9.17, 15) is 0 Å². The Morgan fingerprint density at radius 1 is 1.18 bits per heavy atom. The molecule has 0 bridgehead atoms. The number of nitrogens with one attached hydrogen (secondary N) is 2. The number of hydrogen-bond acceptors (Lipinski definition) is 7. The molecule has 176 valence electrons. The summed E-state index contributed by atoms with van der Waals surface area (Å²) >= 11 is 0. The van der Waals surface area contributed by atoms with E-state index in [-0.39, 0.29) is 5.54 Å². The van der Waals surface area contributed by atoms with Crippen LogP contribution in [0.25, 0.3) is 0 Å². The maximum absolute atomic E-state index is 6.10. The number of ether oxygens (including phenoxy) is 2. The third kappa shape index (κ3) is 5.49. The molecule has 1 saturated carbocycles. The topological polar surface area (TPSA) is 93.8 Å². The van der Waals surface area contributed by atoms with Gasteiger partial charge in [-0.05, 0) is 75.6 Å². The number of benzene rings is 1. The Balaban J connectivity index is 1.45. The van der Waals surface area contributed by atoms with Gasteiger partial charge in [-0.15, -0.1) is 0 Å². The highest BCUT2D eigenvalue weighted by Gasteiger charge is 2.48. The molecule has 0 radical (unpaired) electrons. The standard InChI is InChI=1S/C27H31N5O2/c1-6-21(31-26-32-27(11-12-27)16-33-26)14-24(19(4)28)20(5)30-22-8-10-25(17(2)13-22)34-23-9-7-18(3)29-15-23/h6-10,13-15,30H,4-5,11-12,16,28H2,1-3H3,(H,31,32)/b21-6+,24-14+. The van der Waals surface area contributed by atoms with Crippen molar-refractivity contribution in [2.75, 3.05) is 11.9 Å². The lowest BCUT2D eigenvalue weighted by molar-refractivity contribution is 0.301. The molecule has 0 unspecified atom stereocenters. The molecule has 7 nitrogen and oxygen atoms in total. The molecular formula is C27H31N5O2. The fraction of sp³-hybridized carbons (Fsp3) is 0.259. The van der Waals surface area contributed by atoms with Crippen LogP contribution >= 0.6 is 0 Å². The van der Waals surface area contributed by atoms with Crippen molar-refractivity contribution in [2.45, 2.75) is 39.2 Å². The summed E-state index contributed by atoms with van der Waals surface area (Å²) in [4.78, 5) is 8.91. The van der Waals surface area contributed by atoms with Crippen molar-refractivity contribution >= 4 is 11.7 Å². The second-order valence-electron chi connectivity index (χ2n) is 8.70. The molecule has 34 heavy (non-hydrogen) atoms. The molecule has 0 atom stereocenters. The second-order valence-corrected chi connectivity index (χ2v) is 8.70. The van der Waals surface area contributed by atoms with E-state index in [0.29, 0.717) is 35.3 Å². The summed E-state index contributed by atoms with van der Waals surface area (Å²) in [7, 11) is 0. The van der Waals surface area contributed by atoms with Crippen molar-refractivity contribution in [3.8, 4) is 11.5 Å². The molecule has 2 aromatic rings. The molecule has 2 heterocycles. The summed E-state index contributed by atoms with van der Waals surface area (Å²) in [6, 6.07) is 10.2. The average Bonchev–Trinajstić information content (AvgIpc) is 3.44. The van der Waals surface area contributed by atoms with Crippen LogP contribution in [0.3, 0.4) is 0 Å². The maximum Gasteiger partial charge on any atom is 0.289 e. The average molecular weight is 458 g/mol. The first kappa shape index (κ1) is 23.2. The van der Waals surface area contributed by atoms with E-state index >= 15 is 0 Å². The fourth-order valence-electron chi connectivity index (χ4n) is 3.52. The molecule has 1 aliphatic heterocycles. The molecule has 7 heteroatoms. The SMILES string of the molecule is C=C(N)/C(=C\C(=C/C)NC1=NC2(CC2)CO1)C(=C)Nc1ccc(Oc2ccc(C)nc2)c(C)c1. The van der Waals surface area contributed by atoms with E-state index in [2.05, 4.69) is 33.8 Å². The van der Waals surface area contributed by atoms with Crippen molar-refractivity contribution in [1.29, 1.82) is 0 Å². The van der Waals surface area contributed by atoms with Gasteiger partial charge in [-0.25, -0.2) is 4.99 Å². The number of aryl methyl sites for hydroxylation is 2. The lowest BCUT2D eigenvalue weighted by atomic mass is 10.1. The molecule has 1 aliphatic carbocycles. The van der Waals surface area contributed by atoms with Crippen LogP contribution < -0.4 is 21.1 Å². The van der Waals surface area contributed by atoms with Crippen LogP contribution in [-0.4, -0.2) is 23.2 Å². The van der Waals surface area contributed by atoms with Crippen LogP contribution in [-0.2, 0) is 4.74 Å². The van der Waals surface area contributed by atoms with Gasteiger partial charge in [0.2, 0.25) is 0 Å². The van der Waals surface area contributed by atoms with Crippen LogP contribution in [0.5, 0.6) is 11.5 Å². The predicted octanol–water partition coefficient (Wildman–Crippen LogP) is 5.23. The van der Waals surface area contributed by atoms with Gasteiger partial charge in [0.15, 0.2) is 0 Å². The minimum atomic E-state index is 0.0000489. The van der Waals surface area contributed by atoms with Gasteiger partial charge < -0.3 is 25.8 Å². The van der Waals surface area contributed by atoms with Crippen LogP contribution in [0.1, 0.15) is 31.0 Å². The Morgan fingerprint density at radius 2 is 1.97 bits per heavy atom. The quantitative estimate of drug-likeness (QED) is 0.470. The number of allylic oxidation sites excluding steroid dienone is 2. The van der Waals surface area contributed by atoms with Crippen molar-refractivity contribution in [3.05, 3.63) is 95.8 Å². The molecule has 1 aromatic heterocycles. The number of amidine groups is 1. The predicted molar refractivity (Wildman–Crippen MR) is 137 cm³/mol. The smallest absolute Gasteiger partial charge is 0.289 e. The van der Waals surface area contributed by atoms with E-state index in [0.717, 1.165) is 41.2 Å². The highest BCUT2D eigenvalue weighted by molar-refractivity contribution is 5.79. The number of rotatable bonds is 8. The summed E-state index contributed by atoms with van der Waals surface area (Å²) in [6.45, 7) is 14.6. The molecule has 1 fully saturated rings. The van der Waals surface area contributed by atoms with Gasteiger partial charge in [-0.1, -0.05) is 19.2 Å². The van der Waals surface area contributed by atoms with E-state index in [4.69, 9.17) is 15.2 Å². The molecule has 0 saturated heterocycles. The third-order valence-corrected chi connectivity index (χ3v) is 5.76. The molecule has 1 spiro atoms. The molecule has 4 rings (SSSR count). The molecule has 0 amide bonds. The van der Waals surface area contributed by atoms with Crippen molar-refractivity contribution in [1.82, 2.24) is 10.3 Å². The zero-order valence-electron chi connectivity index (χ0n) is 19.9. The number of aromatic nitrogens is 1. The number of pyridine rings is 1. The Labute approximate surface area is 200 Å². The monoisotopic (exact) mass is 457 g/mol. The molecule has 2 aliphatic rings.